The third kappa shape index (κ3) is 5.44. The van der Waals surface area contributed by atoms with Crippen LogP contribution in [0.4, 0.5) is 4.79 Å². The minimum absolute atomic E-state index is 0.158. The molecule has 2 aromatic carbocycles. The molecular weight excluding hydrogens is 533 g/mol. The average Bonchev–Trinajstić information content (AvgIpc) is 3.14. The number of aromatic nitrogens is 2. The van der Waals surface area contributed by atoms with Gasteiger partial charge in [-0.05, 0) is 64.4 Å². The first-order valence-electron chi connectivity index (χ1n) is 13.5. The molecule has 0 radical (unpaired) electrons. The molecule has 1 aromatic heterocycles. The molecular formula is C29H35BClN3O6. The number of ether oxygens (including phenoxy) is 2. The third-order valence-corrected chi connectivity index (χ3v) is 8.46. The molecule has 3 aromatic rings. The summed E-state index contributed by atoms with van der Waals surface area (Å²) in [4.78, 5) is 32.2. The summed E-state index contributed by atoms with van der Waals surface area (Å²) in [6.45, 7) is 11.2. The van der Waals surface area contributed by atoms with Crippen molar-refractivity contribution in [2.45, 2.75) is 71.3 Å². The molecule has 0 saturated carbocycles. The maximum atomic E-state index is 13.8. The molecule has 40 heavy (non-hydrogen) atoms. The van der Waals surface area contributed by atoms with E-state index in [2.05, 4.69) is 0 Å². The SMILES string of the molecule is COC(=O)N1CCC(Oc2cc3c(=O)n(Cc4ccc(Cl)cc4)c(C)nc3cc2B2OC(C)(C)C(C)(C)O2)CC1. The van der Waals surface area contributed by atoms with E-state index < -0.39 is 18.3 Å². The quantitative estimate of drug-likeness (QED) is 0.424. The Bertz CT molecular complexity index is 1470. The van der Waals surface area contributed by atoms with E-state index in [9.17, 15) is 9.59 Å². The summed E-state index contributed by atoms with van der Waals surface area (Å²) in [5, 5.41) is 1.08. The van der Waals surface area contributed by atoms with Crippen LogP contribution >= 0.6 is 11.6 Å². The Morgan fingerprint density at radius 3 is 2.33 bits per heavy atom. The highest BCUT2D eigenvalue weighted by molar-refractivity contribution is 6.63. The van der Waals surface area contributed by atoms with Gasteiger partial charge in [0.25, 0.3) is 5.56 Å². The maximum Gasteiger partial charge on any atom is 0.498 e. The number of piperidine rings is 1. The molecule has 2 saturated heterocycles. The van der Waals surface area contributed by atoms with Crippen LogP contribution in [0, 0.1) is 6.92 Å². The Morgan fingerprint density at radius 2 is 1.73 bits per heavy atom. The van der Waals surface area contributed by atoms with Crippen LogP contribution < -0.4 is 15.8 Å². The van der Waals surface area contributed by atoms with Crippen molar-refractivity contribution < 1.29 is 23.6 Å². The van der Waals surface area contributed by atoms with Crippen molar-refractivity contribution in [3.63, 3.8) is 0 Å². The number of carbonyl (C=O) groups excluding carboxylic acids is 1. The van der Waals surface area contributed by atoms with Gasteiger partial charge in [0.2, 0.25) is 0 Å². The van der Waals surface area contributed by atoms with Gasteiger partial charge in [-0.2, -0.15) is 0 Å². The molecule has 2 aliphatic heterocycles. The van der Waals surface area contributed by atoms with Crippen LogP contribution in [0.2, 0.25) is 5.02 Å². The molecule has 0 atom stereocenters. The second-order valence-corrected chi connectivity index (χ2v) is 11.9. The van der Waals surface area contributed by atoms with E-state index in [-0.39, 0.29) is 17.8 Å². The van der Waals surface area contributed by atoms with E-state index in [0.29, 0.717) is 65.4 Å². The molecule has 2 fully saturated rings. The van der Waals surface area contributed by atoms with E-state index in [0.717, 1.165) is 5.56 Å². The smallest absolute Gasteiger partial charge is 0.491 e. The van der Waals surface area contributed by atoms with Gasteiger partial charge >= 0.3 is 13.2 Å². The van der Waals surface area contributed by atoms with E-state index in [1.54, 1.807) is 27.7 Å². The zero-order valence-corrected chi connectivity index (χ0v) is 24.6. The normalized spacial score (nSPS) is 18.8. The predicted molar refractivity (Wildman–Crippen MR) is 155 cm³/mol. The Hall–Kier alpha value is -3.08. The lowest BCUT2D eigenvalue weighted by Crippen LogP contribution is -2.43. The molecule has 11 heteroatoms. The summed E-state index contributed by atoms with van der Waals surface area (Å²) in [6, 6.07) is 11.0. The minimum atomic E-state index is -0.696. The van der Waals surface area contributed by atoms with Gasteiger partial charge in [0.15, 0.2) is 0 Å². The summed E-state index contributed by atoms with van der Waals surface area (Å²) in [7, 11) is 0.685. The first kappa shape index (κ1) is 28.5. The monoisotopic (exact) mass is 567 g/mol. The molecule has 212 valence electrons. The van der Waals surface area contributed by atoms with E-state index >= 15 is 0 Å². The second-order valence-electron chi connectivity index (χ2n) is 11.4. The molecule has 0 bridgehead atoms. The number of aryl methyl sites for hydroxylation is 1. The van der Waals surface area contributed by atoms with Crippen molar-refractivity contribution in [3.05, 3.63) is 63.2 Å². The lowest BCUT2D eigenvalue weighted by molar-refractivity contribution is 0.00578. The van der Waals surface area contributed by atoms with Gasteiger partial charge < -0.3 is 23.7 Å². The van der Waals surface area contributed by atoms with Crippen molar-refractivity contribution in [3.8, 4) is 5.75 Å². The number of amides is 1. The number of rotatable bonds is 5. The molecule has 0 spiro atoms. The van der Waals surface area contributed by atoms with Crippen LogP contribution in [0.25, 0.3) is 10.9 Å². The molecule has 0 N–H and O–H groups in total. The lowest BCUT2D eigenvalue weighted by Gasteiger charge is -2.32. The molecule has 3 heterocycles. The van der Waals surface area contributed by atoms with Crippen molar-refractivity contribution >= 4 is 41.2 Å². The van der Waals surface area contributed by atoms with Gasteiger partial charge in [0.05, 0.1) is 35.8 Å². The summed E-state index contributed by atoms with van der Waals surface area (Å²) in [5.41, 5.74) is 0.903. The Labute approximate surface area is 239 Å². The second kappa shape index (κ2) is 10.7. The minimum Gasteiger partial charge on any atom is -0.491 e. The predicted octanol–water partition coefficient (Wildman–Crippen LogP) is 4.32. The molecule has 5 rings (SSSR count). The van der Waals surface area contributed by atoms with Crippen LogP contribution in [0.3, 0.4) is 0 Å². The maximum absolute atomic E-state index is 13.8. The Balaban J connectivity index is 1.54. The number of fused-ring (bicyclic) bond motifs is 1. The van der Waals surface area contributed by atoms with E-state index in [4.69, 9.17) is 35.4 Å². The summed E-state index contributed by atoms with van der Waals surface area (Å²) >= 11 is 6.05. The summed E-state index contributed by atoms with van der Waals surface area (Å²) < 4.78 is 25.8. The van der Waals surface area contributed by atoms with E-state index in [1.165, 1.54) is 7.11 Å². The van der Waals surface area contributed by atoms with Gasteiger partial charge in [-0.1, -0.05) is 23.7 Å². The number of nitrogens with zero attached hydrogens (tertiary/aromatic N) is 3. The molecule has 1 amide bonds. The Morgan fingerprint density at radius 1 is 1.10 bits per heavy atom. The fourth-order valence-corrected chi connectivity index (χ4v) is 5.18. The van der Waals surface area contributed by atoms with Gasteiger partial charge in [0, 0.05) is 36.4 Å². The van der Waals surface area contributed by atoms with Crippen molar-refractivity contribution in [1.82, 2.24) is 14.5 Å². The molecule has 0 aliphatic carbocycles. The van der Waals surface area contributed by atoms with Crippen LogP contribution in [-0.4, -0.2) is 65.2 Å². The van der Waals surface area contributed by atoms with Gasteiger partial charge in [-0.15, -0.1) is 0 Å². The standard InChI is InChI=1S/C29H35BClN3O6/c1-18-32-24-16-23(30-39-28(2,3)29(4,5)40-30)25(38-21-11-13-33(14-12-21)27(36)37-6)15-22(24)26(35)34(18)17-19-7-9-20(31)10-8-19/h7-10,15-16,21H,11-14,17H2,1-6H3. The van der Waals surface area contributed by atoms with Crippen molar-refractivity contribution in [1.29, 1.82) is 0 Å². The van der Waals surface area contributed by atoms with Gasteiger partial charge in [-0.25, -0.2) is 9.78 Å². The lowest BCUT2D eigenvalue weighted by atomic mass is 9.77. The molecule has 2 aliphatic rings. The van der Waals surface area contributed by atoms with E-state index in [1.807, 2.05) is 52.8 Å². The number of methoxy groups -OCH3 is 1. The number of halogens is 1. The first-order chi connectivity index (χ1) is 18.9. The molecule has 0 unspecified atom stereocenters. The largest absolute Gasteiger partial charge is 0.498 e. The fraction of sp³-hybridized carbons (Fsp3) is 0.483. The summed E-state index contributed by atoms with van der Waals surface area (Å²) in [5.74, 6) is 1.11. The first-order valence-corrected chi connectivity index (χ1v) is 13.9. The number of hydrogen-bond acceptors (Lipinski definition) is 7. The third-order valence-electron chi connectivity index (χ3n) is 8.21. The van der Waals surface area contributed by atoms with Crippen LogP contribution in [0.15, 0.2) is 41.2 Å². The highest BCUT2D eigenvalue weighted by Crippen LogP contribution is 2.37. The number of benzene rings is 2. The zero-order chi connectivity index (χ0) is 28.8. The van der Waals surface area contributed by atoms with Gasteiger partial charge in [0.1, 0.15) is 17.7 Å². The number of likely N-dealkylation sites (tertiary alicyclic amines) is 1. The summed E-state index contributed by atoms with van der Waals surface area (Å²) in [6.07, 6.45) is 0.755. The average molecular weight is 568 g/mol. The Kier molecular flexibility index (Phi) is 7.63. The molecule has 9 nitrogen and oxygen atoms in total. The number of carbonyl (C=O) groups is 1. The van der Waals surface area contributed by atoms with Crippen LogP contribution in [-0.2, 0) is 20.6 Å². The highest BCUT2D eigenvalue weighted by Gasteiger charge is 2.52. The van der Waals surface area contributed by atoms with Crippen molar-refractivity contribution in [2.24, 2.45) is 0 Å². The van der Waals surface area contributed by atoms with Gasteiger partial charge in [-0.3, -0.25) is 9.36 Å². The topological polar surface area (TPSA) is 92.1 Å². The zero-order valence-electron chi connectivity index (χ0n) is 23.8. The van der Waals surface area contributed by atoms with Crippen molar-refractivity contribution in [2.75, 3.05) is 20.2 Å². The highest BCUT2D eigenvalue weighted by atomic mass is 35.5. The fourth-order valence-electron chi connectivity index (χ4n) is 5.06. The number of hydrogen-bond donors (Lipinski definition) is 0. The van der Waals surface area contributed by atoms with Crippen LogP contribution in [0.5, 0.6) is 5.75 Å². The van der Waals surface area contributed by atoms with Crippen LogP contribution in [0.1, 0.15) is 51.9 Å².